The maximum absolute atomic E-state index is 11.2. The molecule has 1 aromatic heterocycles. The minimum atomic E-state index is -0.527. The number of nitrogens with one attached hydrogen (secondary N) is 1. The first-order valence-electron chi connectivity index (χ1n) is 7.67. The highest BCUT2D eigenvalue weighted by Gasteiger charge is 2.48. The van der Waals surface area contributed by atoms with Gasteiger partial charge in [0.05, 0.1) is 5.60 Å². The van der Waals surface area contributed by atoms with Crippen molar-refractivity contribution in [1.82, 2.24) is 10.3 Å². The summed E-state index contributed by atoms with van der Waals surface area (Å²) in [6.07, 6.45) is 9.57. The van der Waals surface area contributed by atoms with E-state index in [4.69, 9.17) is 0 Å². The molecule has 2 aliphatic heterocycles. The number of fused-ring (bicyclic) bond motifs is 3. The molecule has 3 nitrogen and oxygen atoms in total. The van der Waals surface area contributed by atoms with Gasteiger partial charge in [0.2, 0.25) is 0 Å². The van der Waals surface area contributed by atoms with Crippen LogP contribution in [-0.4, -0.2) is 27.8 Å². The molecule has 0 radical (unpaired) electrons. The molecule has 0 aromatic carbocycles. The molecule has 3 heteroatoms. The molecule has 3 aliphatic rings. The van der Waals surface area contributed by atoms with Gasteiger partial charge >= 0.3 is 0 Å². The molecule has 1 aromatic rings. The van der Waals surface area contributed by atoms with E-state index in [0.717, 1.165) is 25.7 Å². The van der Waals surface area contributed by atoms with E-state index in [9.17, 15) is 5.11 Å². The van der Waals surface area contributed by atoms with E-state index >= 15 is 0 Å². The molecule has 3 unspecified atom stereocenters. The first kappa shape index (κ1) is 11.9. The second-order valence-electron chi connectivity index (χ2n) is 6.64. The number of rotatable bonds is 1. The third-order valence-electron chi connectivity index (χ3n) is 5.38. The molecule has 4 rings (SSSR count). The van der Waals surface area contributed by atoms with Gasteiger partial charge in [-0.05, 0) is 56.6 Å². The Morgan fingerprint density at radius 1 is 1.21 bits per heavy atom. The molecule has 1 aliphatic carbocycles. The van der Waals surface area contributed by atoms with Gasteiger partial charge in [0, 0.05) is 29.9 Å². The van der Waals surface area contributed by atoms with Gasteiger partial charge in [-0.1, -0.05) is 6.07 Å². The summed E-state index contributed by atoms with van der Waals surface area (Å²) in [5.74, 6) is 0.252. The van der Waals surface area contributed by atoms with Gasteiger partial charge in [-0.3, -0.25) is 4.98 Å². The Morgan fingerprint density at radius 3 is 2.79 bits per heavy atom. The molecule has 3 heterocycles. The summed E-state index contributed by atoms with van der Waals surface area (Å²) in [5, 5.41) is 14.9. The van der Waals surface area contributed by atoms with E-state index in [1.807, 2.05) is 12.3 Å². The number of aliphatic hydroxyl groups is 1. The van der Waals surface area contributed by atoms with Crippen molar-refractivity contribution in [2.24, 2.45) is 0 Å². The predicted molar refractivity (Wildman–Crippen MR) is 74.0 cm³/mol. The molecule has 2 bridgehead atoms. The fraction of sp³-hybridized carbons (Fsp3) is 0.688. The zero-order valence-electron chi connectivity index (χ0n) is 11.3. The maximum Gasteiger partial charge on any atom is 0.0760 e. The summed E-state index contributed by atoms with van der Waals surface area (Å²) >= 11 is 0. The Kier molecular flexibility index (Phi) is 2.68. The SMILES string of the molecule is OC1(C2CCCc3cccnc32)CC2CCC(C1)N2. The van der Waals surface area contributed by atoms with Gasteiger partial charge in [-0.25, -0.2) is 0 Å². The van der Waals surface area contributed by atoms with Crippen molar-refractivity contribution >= 4 is 0 Å². The van der Waals surface area contributed by atoms with Crippen molar-refractivity contribution < 1.29 is 5.11 Å². The number of piperidine rings is 1. The normalized spacial score (nSPS) is 41.0. The summed E-state index contributed by atoms with van der Waals surface area (Å²) in [6.45, 7) is 0. The third-order valence-corrected chi connectivity index (χ3v) is 5.38. The second-order valence-corrected chi connectivity index (χ2v) is 6.64. The van der Waals surface area contributed by atoms with Gasteiger partial charge in [0.15, 0.2) is 0 Å². The molecular weight excluding hydrogens is 236 g/mol. The predicted octanol–water partition coefficient (Wildman–Crippen LogP) is 2.15. The third kappa shape index (κ3) is 1.91. The van der Waals surface area contributed by atoms with Crippen LogP contribution in [0.5, 0.6) is 0 Å². The van der Waals surface area contributed by atoms with Crippen molar-refractivity contribution in [2.45, 2.75) is 68.5 Å². The van der Waals surface area contributed by atoms with Crippen molar-refractivity contribution in [3.8, 4) is 0 Å². The Balaban J connectivity index is 1.69. The topological polar surface area (TPSA) is 45.2 Å². The summed E-state index contributed by atoms with van der Waals surface area (Å²) in [6, 6.07) is 5.26. The van der Waals surface area contributed by atoms with E-state index < -0.39 is 5.60 Å². The molecule has 19 heavy (non-hydrogen) atoms. The minimum absolute atomic E-state index is 0.252. The summed E-state index contributed by atoms with van der Waals surface area (Å²) in [7, 11) is 0. The number of aromatic nitrogens is 1. The first-order chi connectivity index (χ1) is 9.24. The maximum atomic E-state index is 11.2. The van der Waals surface area contributed by atoms with Crippen LogP contribution in [0.2, 0.25) is 0 Å². The molecule has 102 valence electrons. The molecule has 3 atom stereocenters. The molecule has 2 saturated heterocycles. The van der Waals surface area contributed by atoms with Crippen LogP contribution in [0, 0.1) is 0 Å². The fourth-order valence-electron chi connectivity index (χ4n) is 4.58. The lowest BCUT2D eigenvalue weighted by Crippen LogP contribution is -2.52. The number of pyridine rings is 1. The zero-order chi connectivity index (χ0) is 12.9. The molecular formula is C16H22N2O. The highest BCUT2D eigenvalue weighted by Crippen LogP contribution is 2.46. The Bertz CT molecular complexity index is 475. The van der Waals surface area contributed by atoms with Gasteiger partial charge in [-0.2, -0.15) is 0 Å². The average Bonchev–Trinajstić information content (AvgIpc) is 2.78. The van der Waals surface area contributed by atoms with Gasteiger partial charge in [0.1, 0.15) is 0 Å². The highest BCUT2D eigenvalue weighted by molar-refractivity contribution is 5.29. The van der Waals surface area contributed by atoms with Crippen molar-refractivity contribution in [3.05, 3.63) is 29.6 Å². The van der Waals surface area contributed by atoms with E-state index in [-0.39, 0.29) is 5.92 Å². The van der Waals surface area contributed by atoms with Crippen molar-refractivity contribution in [3.63, 3.8) is 0 Å². The number of hydrogen-bond donors (Lipinski definition) is 2. The number of hydrogen-bond acceptors (Lipinski definition) is 3. The summed E-state index contributed by atoms with van der Waals surface area (Å²) in [5.41, 5.74) is 2.01. The average molecular weight is 258 g/mol. The fourth-order valence-corrected chi connectivity index (χ4v) is 4.58. The van der Waals surface area contributed by atoms with Crippen LogP contribution < -0.4 is 5.32 Å². The lowest BCUT2D eigenvalue weighted by atomic mass is 9.70. The number of aryl methyl sites for hydroxylation is 1. The second kappa shape index (κ2) is 4.29. The lowest BCUT2D eigenvalue weighted by molar-refractivity contribution is -0.0366. The lowest BCUT2D eigenvalue weighted by Gasteiger charge is -2.44. The zero-order valence-corrected chi connectivity index (χ0v) is 11.3. The van der Waals surface area contributed by atoms with E-state index in [1.54, 1.807) is 0 Å². The van der Waals surface area contributed by atoms with E-state index in [1.165, 1.54) is 30.5 Å². The van der Waals surface area contributed by atoms with Gasteiger partial charge in [0.25, 0.3) is 0 Å². The van der Waals surface area contributed by atoms with Crippen LogP contribution in [0.3, 0.4) is 0 Å². The minimum Gasteiger partial charge on any atom is -0.389 e. The molecule has 0 saturated carbocycles. The van der Waals surface area contributed by atoms with Gasteiger partial charge in [-0.15, -0.1) is 0 Å². The number of nitrogens with zero attached hydrogens (tertiary/aromatic N) is 1. The smallest absolute Gasteiger partial charge is 0.0760 e. The van der Waals surface area contributed by atoms with Gasteiger partial charge < -0.3 is 10.4 Å². The monoisotopic (exact) mass is 258 g/mol. The molecule has 2 N–H and O–H groups in total. The van der Waals surface area contributed by atoms with Crippen LogP contribution in [0.1, 0.15) is 55.7 Å². The van der Waals surface area contributed by atoms with Crippen LogP contribution in [0.4, 0.5) is 0 Å². The molecule has 0 amide bonds. The quantitative estimate of drug-likeness (QED) is 0.811. The molecule has 2 fully saturated rings. The molecule has 0 spiro atoms. The standard InChI is InChI=1S/C16H22N2O/c19-16(9-12-6-7-13(10-16)18-12)14-5-1-3-11-4-2-8-17-15(11)14/h2,4,8,12-14,18-19H,1,3,5-7,9-10H2. The van der Waals surface area contributed by atoms with Crippen LogP contribution in [0.15, 0.2) is 18.3 Å². The van der Waals surface area contributed by atoms with Crippen molar-refractivity contribution in [2.75, 3.05) is 0 Å². The highest BCUT2D eigenvalue weighted by atomic mass is 16.3. The van der Waals surface area contributed by atoms with E-state index in [0.29, 0.717) is 12.1 Å². The van der Waals surface area contributed by atoms with Crippen LogP contribution in [0.25, 0.3) is 0 Å². The Hall–Kier alpha value is -0.930. The summed E-state index contributed by atoms with van der Waals surface area (Å²) in [4.78, 5) is 4.61. The Morgan fingerprint density at radius 2 is 2.00 bits per heavy atom. The van der Waals surface area contributed by atoms with Crippen LogP contribution in [-0.2, 0) is 6.42 Å². The van der Waals surface area contributed by atoms with E-state index in [2.05, 4.69) is 16.4 Å². The van der Waals surface area contributed by atoms with Crippen molar-refractivity contribution in [1.29, 1.82) is 0 Å². The largest absolute Gasteiger partial charge is 0.389 e. The summed E-state index contributed by atoms with van der Waals surface area (Å²) < 4.78 is 0. The Labute approximate surface area is 114 Å². The van der Waals surface area contributed by atoms with Crippen LogP contribution >= 0.6 is 0 Å². The first-order valence-corrected chi connectivity index (χ1v) is 7.67.